The Bertz CT molecular complexity index is 1280. The van der Waals surface area contributed by atoms with Crippen molar-refractivity contribution in [2.45, 2.75) is 40.7 Å². The molecule has 0 radical (unpaired) electrons. The predicted octanol–water partition coefficient (Wildman–Crippen LogP) is 5.75. The van der Waals surface area contributed by atoms with Gasteiger partial charge in [0, 0.05) is 17.3 Å². The monoisotopic (exact) mass is 482 g/mol. The van der Waals surface area contributed by atoms with Gasteiger partial charge in [-0.25, -0.2) is 4.98 Å². The minimum atomic E-state index is -0.0107. The number of nitrogens with zero attached hydrogens (tertiary/aromatic N) is 4. The number of carbonyl (C=O) groups excluding carboxylic acids is 1. The summed E-state index contributed by atoms with van der Waals surface area (Å²) < 4.78 is 8.46. The minimum absolute atomic E-state index is 0.0107. The van der Waals surface area contributed by atoms with E-state index in [9.17, 15) is 4.79 Å². The van der Waals surface area contributed by atoms with Gasteiger partial charge in [-0.15, -0.1) is 0 Å². The second-order valence-electron chi connectivity index (χ2n) is 7.96. The maximum atomic E-state index is 13.5. The Balaban J connectivity index is 1.62. The van der Waals surface area contributed by atoms with Crippen LogP contribution in [0.3, 0.4) is 0 Å². The fraction of sp³-hybridized carbons (Fsp3) is 0.320. The van der Waals surface area contributed by atoms with E-state index < -0.39 is 0 Å². The number of aryl methyl sites for hydroxylation is 3. The van der Waals surface area contributed by atoms with Crippen LogP contribution in [-0.4, -0.2) is 33.8 Å². The third-order valence-corrected chi connectivity index (χ3v) is 6.95. The van der Waals surface area contributed by atoms with Gasteiger partial charge in [0.1, 0.15) is 5.75 Å². The maximum absolute atomic E-state index is 13.5. The molecule has 0 saturated carbocycles. The fourth-order valence-electron chi connectivity index (χ4n) is 3.77. The van der Waals surface area contributed by atoms with Crippen molar-refractivity contribution < 1.29 is 9.53 Å². The number of ether oxygens (including phenoxy) is 1. The Kier molecular flexibility index (Phi) is 7.00. The van der Waals surface area contributed by atoms with Crippen molar-refractivity contribution in [3.63, 3.8) is 0 Å². The van der Waals surface area contributed by atoms with Crippen LogP contribution in [-0.2, 0) is 17.8 Å². The lowest BCUT2D eigenvalue weighted by atomic mass is 10.1. The number of benzene rings is 2. The number of aromatic nitrogens is 3. The minimum Gasteiger partial charge on any atom is -0.494 e. The topological polar surface area (TPSA) is 60.2 Å². The average molecular weight is 483 g/mol. The number of anilines is 1. The molecule has 0 aliphatic carbocycles. The van der Waals surface area contributed by atoms with Gasteiger partial charge in [0.15, 0.2) is 5.13 Å². The number of rotatable bonds is 8. The number of carbonyl (C=O) groups is 1. The number of hydrogen-bond acceptors (Lipinski definition) is 5. The molecule has 1 amide bonds. The zero-order valence-corrected chi connectivity index (χ0v) is 20.8. The molecule has 0 atom stereocenters. The van der Waals surface area contributed by atoms with Crippen LogP contribution in [0, 0.1) is 20.8 Å². The predicted molar refractivity (Wildman–Crippen MR) is 135 cm³/mol. The first-order chi connectivity index (χ1) is 15.9. The van der Waals surface area contributed by atoms with Gasteiger partial charge in [-0.1, -0.05) is 35.1 Å². The van der Waals surface area contributed by atoms with Crippen molar-refractivity contribution in [2.24, 2.45) is 0 Å². The molecule has 8 heteroatoms. The maximum Gasteiger partial charge on any atom is 0.233 e. The molecular weight excluding hydrogens is 456 g/mol. The largest absolute Gasteiger partial charge is 0.494 e. The molecule has 0 saturated heterocycles. The Morgan fingerprint density at radius 1 is 1.15 bits per heavy atom. The van der Waals surface area contributed by atoms with E-state index in [4.69, 9.17) is 21.3 Å². The molecule has 4 aromatic rings. The molecule has 4 rings (SSSR count). The summed E-state index contributed by atoms with van der Waals surface area (Å²) in [6.45, 7) is 9.57. The summed E-state index contributed by atoms with van der Waals surface area (Å²) in [5.74, 6) is 0.789. The highest BCUT2D eigenvalue weighted by atomic mass is 35.5. The molecule has 0 aliphatic rings. The Morgan fingerprint density at radius 2 is 1.91 bits per heavy atom. The summed E-state index contributed by atoms with van der Waals surface area (Å²) in [5, 5.41) is 5.89. The summed E-state index contributed by atoms with van der Waals surface area (Å²) in [5.41, 5.74) is 4.73. The van der Waals surface area contributed by atoms with E-state index in [1.54, 1.807) is 4.90 Å². The molecule has 2 aromatic carbocycles. The standard InChI is InChI=1S/C25H27ClN4O2S/c1-5-32-20-8-6-19(7-9-20)15-23(31)29(12-13-30-17(3)14-16(2)28-30)25-27-24-18(4)21(26)10-11-22(24)33-25/h6-11,14H,5,12-13,15H2,1-4H3. The Morgan fingerprint density at radius 3 is 2.58 bits per heavy atom. The van der Waals surface area contributed by atoms with Crippen LogP contribution in [0.2, 0.25) is 5.02 Å². The molecule has 2 aromatic heterocycles. The quantitative estimate of drug-likeness (QED) is 0.321. The van der Waals surface area contributed by atoms with Crippen LogP contribution in [0.5, 0.6) is 5.75 Å². The average Bonchev–Trinajstić information content (AvgIpc) is 3.35. The molecular formula is C25H27ClN4O2S. The zero-order valence-electron chi connectivity index (χ0n) is 19.3. The van der Waals surface area contributed by atoms with Crippen LogP contribution in [0.15, 0.2) is 42.5 Å². The van der Waals surface area contributed by atoms with Gasteiger partial charge < -0.3 is 4.74 Å². The highest BCUT2D eigenvalue weighted by molar-refractivity contribution is 7.22. The smallest absolute Gasteiger partial charge is 0.233 e. The van der Waals surface area contributed by atoms with Gasteiger partial charge >= 0.3 is 0 Å². The number of thiazole rings is 1. The van der Waals surface area contributed by atoms with Gasteiger partial charge in [0.2, 0.25) is 5.91 Å². The number of amides is 1. The highest BCUT2D eigenvalue weighted by Crippen LogP contribution is 2.34. The summed E-state index contributed by atoms with van der Waals surface area (Å²) in [6.07, 6.45) is 0.277. The number of fused-ring (bicyclic) bond motifs is 1. The Hall–Kier alpha value is -2.90. The summed E-state index contributed by atoms with van der Waals surface area (Å²) in [4.78, 5) is 20.0. The van der Waals surface area contributed by atoms with E-state index in [0.717, 1.165) is 38.5 Å². The second kappa shape index (κ2) is 9.93. The van der Waals surface area contributed by atoms with E-state index in [-0.39, 0.29) is 12.3 Å². The summed E-state index contributed by atoms with van der Waals surface area (Å²) in [7, 11) is 0. The van der Waals surface area contributed by atoms with E-state index in [2.05, 4.69) is 5.10 Å². The van der Waals surface area contributed by atoms with Crippen molar-refractivity contribution in [1.82, 2.24) is 14.8 Å². The van der Waals surface area contributed by atoms with Gasteiger partial charge in [-0.2, -0.15) is 5.10 Å². The molecule has 172 valence electrons. The molecule has 33 heavy (non-hydrogen) atoms. The van der Waals surface area contributed by atoms with Crippen LogP contribution >= 0.6 is 22.9 Å². The third kappa shape index (κ3) is 5.20. The molecule has 0 unspecified atom stereocenters. The van der Waals surface area contributed by atoms with Gasteiger partial charge in [-0.05, 0) is 69.2 Å². The van der Waals surface area contributed by atoms with Gasteiger partial charge in [-0.3, -0.25) is 14.4 Å². The van der Waals surface area contributed by atoms with Crippen LogP contribution in [0.25, 0.3) is 10.2 Å². The third-order valence-electron chi connectivity index (χ3n) is 5.50. The zero-order chi connectivity index (χ0) is 23.5. The number of hydrogen-bond donors (Lipinski definition) is 0. The first kappa shape index (κ1) is 23.3. The van der Waals surface area contributed by atoms with E-state index in [0.29, 0.717) is 29.9 Å². The SMILES string of the molecule is CCOc1ccc(CC(=O)N(CCn2nc(C)cc2C)c2nc3c(C)c(Cl)ccc3s2)cc1. The number of halogens is 1. The summed E-state index contributed by atoms with van der Waals surface area (Å²) >= 11 is 7.81. The van der Waals surface area contributed by atoms with Crippen molar-refractivity contribution in [2.75, 3.05) is 18.1 Å². The lowest BCUT2D eigenvalue weighted by Gasteiger charge is -2.20. The van der Waals surface area contributed by atoms with Crippen LogP contribution < -0.4 is 9.64 Å². The van der Waals surface area contributed by atoms with Gasteiger partial charge in [0.25, 0.3) is 0 Å². The molecule has 0 N–H and O–H groups in total. The van der Waals surface area contributed by atoms with Crippen molar-refractivity contribution >= 4 is 44.2 Å². The lowest BCUT2D eigenvalue weighted by Crippen LogP contribution is -2.35. The van der Waals surface area contributed by atoms with E-state index >= 15 is 0 Å². The molecule has 0 aliphatic heterocycles. The van der Waals surface area contributed by atoms with Gasteiger partial charge in [0.05, 0.1) is 35.5 Å². The van der Waals surface area contributed by atoms with E-state index in [1.165, 1.54) is 11.3 Å². The molecule has 2 heterocycles. The lowest BCUT2D eigenvalue weighted by molar-refractivity contribution is -0.118. The van der Waals surface area contributed by atoms with Crippen molar-refractivity contribution in [3.8, 4) is 5.75 Å². The molecule has 0 bridgehead atoms. The molecule has 0 spiro atoms. The second-order valence-corrected chi connectivity index (χ2v) is 9.38. The van der Waals surface area contributed by atoms with Crippen LogP contribution in [0.1, 0.15) is 29.4 Å². The first-order valence-electron chi connectivity index (χ1n) is 10.9. The normalized spacial score (nSPS) is 11.2. The summed E-state index contributed by atoms with van der Waals surface area (Å²) in [6, 6.07) is 13.5. The fourth-order valence-corrected chi connectivity index (χ4v) is 4.99. The Labute approximate surface area is 202 Å². The highest BCUT2D eigenvalue weighted by Gasteiger charge is 2.21. The van der Waals surface area contributed by atoms with Crippen molar-refractivity contribution in [1.29, 1.82) is 0 Å². The molecule has 0 fully saturated rings. The van der Waals surface area contributed by atoms with Crippen molar-refractivity contribution in [3.05, 3.63) is 70.0 Å². The molecule has 6 nitrogen and oxygen atoms in total. The first-order valence-corrected chi connectivity index (χ1v) is 12.1. The van der Waals surface area contributed by atoms with E-state index in [1.807, 2.05) is 74.8 Å². The van der Waals surface area contributed by atoms with Crippen LogP contribution in [0.4, 0.5) is 5.13 Å².